The van der Waals surface area contributed by atoms with Crippen LogP contribution in [0.4, 0.5) is 0 Å². The van der Waals surface area contributed by atoms with Crippen LogP contribution in [0.5, 0.6) is 0 Å². The molecule has 0 amide bonds. The number of hydrogen-bond acceptors (Lipinski definition) is 0. The molecule has 0 unspecified atom stereocenters. The zero-order valence-corrected chi connectivity index (χ0v) is 8.10. The Morgan fingerprint density at radius 2 is 1.67 bits per heavy atom. The van der Waals surface area contributed by atoms with E-state index < -0.39 is 0 Å². The van der Waals surface area contributed by atoms with Gasteiger partial charge in [0, 0.05) is 0 Å². The largest absolute Gasteiger partial charge is 0.0776 e. The molecule has 0 heterocycles. The molecule has 0 aliphatic heterocycles. The molecule has 12 heavy (non-hydrogen) atoms. The summed E-state index contributed by atoms with van der Waals surface area (Å²) < 4.78 is 0. The monoisotopic (exact) mass is 170 g/mol. The molecule has 74 valence electrons. The molecule has 0 aromatic carbocycles. The van der Waals surface area contributed by atoms with E-state index in [0.29, 0.717) is 0 Å². The van der Waals surface area contributed by atoms with Crippen molar-refractivity contribution in [3.63, 3.8) is 0 Å². The quantitative estimate of drug-likeness (QED) is 0.579. The minimum absolute atomic E-state index is 0. The van der Waals surface area contributed by atoms with Crippen molar-refractivity contribution in [3.05, 3.63) is 0 Å². The van der Waals surface area contributed by atoms with Crippen LogP contribution < -0.4 is 0 Å². The average molecular weight is 170 g/mol. The lowest BCUT2D eigenvalue weighted by molar-refractivity contribution is 0.273. The van der Waals surface area contributed by atoms with E-state index in [1.165, 1.54) is 44.9 Å². The van der Waals surface area contributed by atoms with Gasteiger partial charge in [-0.25, -0.2) is 0 Å². The van der Waals surface area contributed by atoms with E-state index in [9.17, 15) is 0 Å². The van der Waals surface area contributed by atoms with Crippen molar-refractivity contribution in [2.24, 2.45) is 11.8 Å². The molecular formula is C12H26. The second kappa shape index (κ2) is 6.51. The molecule has 1 saturated carbocycles. The Morgan fingerprint density at radius 3 is 2.17 bits per heavy atom. The van der Waals surface area contributed by atoms with E-state index in [1.54, 1.807) is 0 Å². The van der Waals surface area contributed by atoms with Gasteiger partial charge in [-0.05, 0) is 11.8 Å². The van der Waals surface area contributed by atoms with Crippen molar-refractivity contribution in [1.29, 1.82) is 0 Å². The first kappa shape index (κ1) is 12.0. The minimum atomic E-state index is 0. The van der Waals surface area contributed by atoms with Crippen molar-refractivity contribution in [2.45, 2.75) is 66.2 Å². The molecule has 0 atom stereocenters. The van der Waals surface area contributed by atoms with Crippen molar-refractivity contribution < 1.29 is 0 Å². The van der Waals surface area contributed by atoms with E-state index in [2.05, 4.69) is 13.8 Å². The Bertz CT molecular complexity index is 85.5. The maximum Gasteiger partial charge on any atom is -0.0414 e. The van der Waals surface area contributed by atoms with Crippen LogP contribution in [0.3, 0.4) is 0 Å². The summed E-state index contributed by atoms with van der Waals surface area (Å²) in [5.41, 5.74) is 0. The topological polar surface area (TPSA) is 0 Å². The number of rotatable bonds is 3. The fraction of sp³-hybridized carbons (Fsp3) is 1.00. The summed E-state index contributed by atoms with van der Waals surface area (Å²) in [4.78, 5) is 0. The van der Waals surface area contributed by atoms with Gasteiger partial charge in [0.25, 0.3) is 0 Å². The van der Waals surface area contributed by atoms with Gasteiger partial charge in [0.1, 0.15) is 0 Å². The van der Waals surface area contributed by atoms with Gasteiger partial charge >= 0.3 is 0 Å². The molecule has 0 aromatic heterocycles. The third-order valence-corrected chi connectivity index (χ3v) is 3.10. The zero-order chi connectivity index (χ0) is 8.10. The highest BCUT2D eigenvalue weighted by Crippen LogP contribution is 2.31. The third-order valence-electron chi connectivity index (χ3n) is 3.10. The first-order valence-corrected chi connectivity index (χ1v) is 5.33. The first-order chi connectivity index (χ1) is 5.33. The van der Waals surface area contributed by atoms with Crippen LogP contribution in [0.15, 0.2) is 0 Å². The Kier molecular flexibility index (Phi) is 6.51. The standard InChI is InChI=1S/C11H22.CH4/c1-3-4-5-11-8-6-10(2)7-9-11;/h10-11H,3-9H2,1-2H3;1H4. The SMILES string of the molecule is C.CCCCC1CCC(C)CC1. The summed E-state index contributed by atoms with van der Waals surface area (Å²) in [6, 6.07) is 0. The van der Waals surface area contributed by atoms with E-state index in [-0.39, 0.29) is 7.43 Å². The zero-order valence-electron chi connectivity index (χ0n) is 8.10. The predicted molar refractivity (Wildman–Crippen MR) is 57.4 cm³/mol. The third kappa shape index (κ3) is 4.13. The maximum absolute atomic E-state index is 2.40. The van der Waals surface area contributed by atoms with Gasteiger partial charge in [-0.3, -0.25) is 0 Å². The van der Waals surface area contributed by atoms with Gasteiger partial charge in [-0.1, -0.05) is 66.2 Å². The van der Waals surface area contributed by atoms with Crippen LogP contribution in [-0.2, 0) is 0 Å². The Labute approximate surface area is 78.8 Å². The smallest absolute Gasteiger partial charge is 0.0414 e. The van der Waals surface area contributed by atoms with Crippen molar-refractivity contribution in [1.82, 2.24) is 0 Å². The summed E-state index contributed by atoms with van der Waals surface area (Å²) >= 11 is 0. The van der Waals surface area contributed by atoms with Crippen molar-refractivity contribution in [2.75, 3.05) is 0 Å². The van der Waals surface area contributed by atoms with Crippen LogP contribution in [0.25, 0.3) is 0 Å². The van der Waals surface area contributed by atoms with Crippen molar-refractivity contribution in [3.8, 4) is 0 Å². The molecule has 1 fully saturated rings. The summed E-state index contributed by atoms with van der Waals surface area (Å²) in [5.74, 6) is 2.11. The summed E-state index contributed by atoms with van der Waals surface area (Å²) in [6.07, 6.45) is 10.4. The molecule has 0 spiro atoms. The molecule has 1 aliphatic carbocycles. The van der Waals surface area contributed by atoms with Gasteiger partial charge in [0.15, 0.2) is 0 Å². The Balaban J connectivity index is 0.00000121. The highest BCUT2D eigenvalue weighted by molar-refractivity contribution is 4.69. The minimum Gasteiger partial charge on any atom is -0.0776 e. The molecule has 0 saturated heterocycles. The second-order valence-corrected chi connectivity index (χ2v) is 4.27. The summed E-state index contributed by atoms with van der Waals surface area (Å²) in [7, 11) is 0. The number of unbranched alkanes of at least 4 members (excludes halogenated alkanes) is 1. The molecule has 0 nitrogen and oxygen atoms in total. The molecule has 0 N–H and O–H groups in total. The van der Waals surface area contributed by atoms with Gasteiger partial charge in [-0.2, -0.15) is 0 Å². The molecule has 0 radical (unpaired) electrons. The van der Waals surface area contributed by atoms with Crippen LogP contribution in [0.2, 0.25) is 0 Å². The van der Waals surface area contributed by atoms with E-state index >= 15 is 0 Å². The molecule has 1 rings (SSSR count). The fourth-order valence-corrected chi connectivity index (χ4v) is 2.11. The molecule has 1 aliphatic rings. The predicted octanol–water partition coefficient (Wildman–Crippen LogP) is 4.64. The lowest BCUT2D eigenvalue weighted by Gasteiger charge is -2.25. The van der Waals surface area contributed by atoms with Gasteiger partial charge < -0.3 is 0 Å². The highest BCUT2D eigenvalue weighted by Gasteiger charge is 2.16. The normalized spacial score (nSPS) is 29.5. The van der Waals surface area contributed by atoms with Crippen LogP contribution in [0, 0.1) is 11.8 Å². The average Bonchev–Trinajstić information content (AvgIpc) is 2.04. The van der Waals surface area contributed by atoms with Crippen LogP contribution in [0.1, 0.15) is 66.2 Å². The van der Waals surface area contributed by atoms with Crippen LogP contribution in [-0.4, -0.2) is 0 Å². The van der Waals surface area contributed by atoms with E-state index in [4.69, 9.17) is 0 Å². The fourth-order valence-electron chi connectivity index (χ4n) is 2.11. The van der Waals surface area contributed by atoms with E-state index in [1.807, 2.05) is 0 Å². The van der Waals surface area contributed by atoms with Gasteiger partial charge in [0.05, 0.1) is 0 Å². The van der Waals surface area contributed by atoms with Gasteiger partial charge in [0.2, 0.25) is 0 Å². The lowest BCUT2D eigenvalue weighted by atomic mass is 9.81. The Morgan fingerprint density at radius 1 is 1.08 bits per heavy atom. The highest BCUT2D eigenvalue weighted by atomic mass is 14.2. The summed E-state index contributed by atoms with van der Waals surface area (Å²) in [5, 5.41) is 0. The maximum atomic E-state index is 2.40. The lowest BCUT2D eigenvalue weighted by Crippen LogP contribution is -2.11. The molecule has 0 aromatic rings. The molecule has 0 bridgehead atoms. The first-order valence-electron chi connectivity index (χ1n) is 5.33. The second-order valence-electron chi connectivity index (χ2n) is 4.27. The Hall–Kier alpha value is 0. The van der Waals surface area contributed by atoms with Gasteiger partial charge in [-0.15, -0.1) is 0 Å². The molecule has 0 heteroatoms. The number of hydrogen-bond donors (Lipinski definition) is 0. The van der Waals surface area contributed by atoms with Crippen LogP contribution >= 0.6 is 0 Å². The van der Waals surface area contributed by atoms with Crippen molar-refractivity contribution >= 4 is 0 Å². The summed E-state index contributed by atoms with van der Waals surface area (Å²) in [6.45, 7) is 4.70. The van der Waals surface area contributed by atoms with E-state index in [0.717, 1.165) is 11.8 Å². The molecular weight excluding hydrogens is 144 g/mol.